The second-order valence-electron chi connectivity index (χ2n) is 14.1. The van der Waals surface area contributed by atoms with Crippen LogP contribution in [0.5, 0.6) is 0 Å². The van der Waals surface area contributed by atoms with Gasteiger partial charge in [-0.2, -0.15) is 0 Å². The van der Waals surface area contributed by atoms with Crippen molar-refractivity contribution in [2.24, 2.45) is 33.5 Å². The first kappa shape index (κ1) is 30.8. The number of esters is 1. The van der Waals surface area contributed by atoms with Crippen LogP contribution in [0.3, 0.4) is 0 Å². The van der Waals surface area contributed by atoms with Gasteiger partial charge in [-0.3, -0.25) is 19.2 Å². The number of ketones is 3. The van der Waals surface area contributed by atoms with E-state index in [-0.39, 0.29) is 29.9 Å². The molecule has 0 bridgehead atoms. The van der Waals surface area contributed by atoms with Gasteiger partial charge in [-0.05, 0) is 60.7 Å². The van der Waals surface area contributed by atoms with E-state index in [1.807, 2.05) is 20.8 Å². The standard InChI is InChI=1S/C31H44O9/c1-16(25(37)40-8)11-17(32)15-28(5,38)20-14-23(35)30(7)29(20,6)22(34)13-19-27(4)10-9-21(33)26(2,3)18(27)12-24(36)31(19,30)39/h13-14,16,18,21,23,33,35,38-39H,9-12,15H2,1-8H3. The van der Waals surface area contributed by atoms with Gasteiger partial charge in [-0.15, -0.1) is 0 Å². The highest BCUT2D eigenvalue weighted by atomic mass is 16.5. The number of Topliss-reactive ketones (excluding diaryl/α,β-unsaturated/α-hetero) is 2. The second kappa shape index (κ2) is 9.15. The number of aliphatic hydroxyl groups excluding tert-OH is 2. The van der Waals surface area contributed by atoms with E-state index in [1.54, 1.807) is 0 Å². The number of aliphatic hydroxyl groups is 4. The molecule has 0 aromatic carbocycles. The van der Waals surface area contributed by atoms with Crippen LogP contribution in [0, 0.1) is 33.5 Å². The second-order valence-corrected chi connectivity index (χ2v) is 14.1. The monoisotopic (exact) mass is 560 g/mol. The number of methoxy groups -OCH3 is 1. The number of allylic oxidation sites excluding steroid dienone is 1. The molecular formula is C31H44O9. The van der Waals surface area contributed by atoms with E-state index >= 15 is 0 Å². The highest BCUT2D eigenvalue weighted by Crippen LogP contribution is 2.71. The van der Waals surface area contributed by atoms with Gasteiger partial charge >= 0.3 is 5.97 Å². The summed E-state index contributed by atoms with van der Waals surface area (Å²) in [6.07, 6.45) is 0.688. The van der Waals surface area contributed by atoms with Gasteiger partial charge in [0.25, 0.3) is 0 Å². The van der Waals surface area contributed by atoms with Crippen LogP contribution in [0.25, 0.3) is 0 Å². The summed E-state index contributed by atoms with van der Waals surface area (Å²) >= 11 is 0. The molecule has 0 amide bonds. The fraction of sp³-hybridized carbons (Fsp3) is 0.742. The fourth-order valence-electron chi connectivity index (χ4n) is 8.78. The molecule has 2 fully saturated rings. The van der Waals surface area contributed by atoms with E-state index in [9.17, 15) is 39.6 Å². The zero-order chi connectivity index (χ0) is 30.4. The van der Waals surface area contributed by atoms with Gasteiger partial charge in [-0.25, -0.2) is 0 Å². The van der Waals surface area contributed by atoms with Gasteiger partial charge in [0.2, 0.25) is 0 Å². The average molecular weight is 561 g/mol. The van der Waals surface area contributed by atoms with Crippen molar-refractivity contribution in [2.45, 2.75) is 104 Å². The molecule has 4 rings (SSSR count). The smallest absolute Gasteiger partial charge is 0.308 e. The molecule has 9 nitrogen and oxygen atoms in total. The maximum Gasteiger partial charge on any atom is 0.308 e. The molecule has 0 radical (unpaired) electrons. The van der Waals surface area contributed by atoms with Crippen molar-refractivity contribution < 1.29 is 44.3 Å². The Kier molecular flexibility index (Phi) is 7.03. The van der Waals surface area contributed by atoms with E-state index in [4.69, 9.17) is 0 Å². The van der Waals surface area contributed by atoms with Gasteiger partial charge in [0.15, 0.2) is 17.2 Å². The number of rotatable bonds is 6. The molecule has 2 saturated carbocycles. The molecule has 9 heteroatoms. The van der Waals surface area contributed by atoms with Crippen LogP contribution in [0.4, 0.5) is 0 Å². The summed E-state index contributed by atoms with van der Waals surface area (Å²) in [5.41, 5.74) is -8.77. The maximum atomic E-state index is 14.2. The minimum absolute atomic E-state index is 0.0450. The zero-order valence-electron chi connectivity index (χ0n) is 24.8. The van der Waals surface area contributed by atoms with Crippen molar-refractivity contribution >= 4 is 23.3 Å². The first-order chi connectivity index (χ1) is 18.2. The van der Waals surface area contributed by atoms with Crippen molar-refractivity contribution in [3.63, 3.8) is 0 Å². The Balaban J connectivity index is 1.80. The van der Waals surface area contributed by atoms with Crippen LogP contribution in [-0.4, -0.2) is 74.3 Å². The minimum Gasteiger partial charge on any atom is -0.469 e. The topological polar surface area (TPSA) is 158 Å². The van der Waals surface area contributed by atoms with Crippen molar-refractivity contribution in [1.29, 1.82) is 0 Å². The largest absolute Gasteiger partial charge is 0.469 e. The molecule has 0 aromatic rings. The lowest BCUT2D eigenvalue weighted by Crippen LogP contribution is -2.73. The van der Waals surface area contributed by atoms with Gasteiger partial charge in [0, 0.05) is 19.3 Å². The SMILES string of the molecule is COC(=O)C(C)CC(=O)CC(C)(O)C1=CC(O)C2(C)C1(C)C(=O)C=C1C3(C)CCC(O)C(C)(C)C3CC(=O)C12O. The number of carbonyl (C=O) groups is 4. The van der Waals surface area contributed by atoms with Crippen LogP contribution >= 0.6 is 0 Å². The summed E-state index contributed by atoms with van der Waals surface area (Å²) in [6.45, 7) is 11.6. The molecule has 40 heavy (non-hydrogen) atoms. The van der Waals surface area contributed by atoms with Crippen LogP contribution in [0.2, 0.25) is 0 Å². The van der Waals surface area contributed by atoms with Gasteiger partial charge in [0.1, 0.15) is 5.78 Å². The van der Waals surface area contributed by atoms with Gasteiger partial charge in [-0.1, -0.05) is 40.7 Å². The van der Waals surface area contributed by atoms with Crippen LogP contribution < -0.4 is 0 Å². The van der Waals surface area contributed by atoms with Crippen molar-refractivity contribution in [2.75, 3.05) is 7.11 Å². The molecule has 0 aliphatic heterocycles. The fourth-order valence-corrected chi connectivity index (χ4v) is 8.78. The van der Waals surface area contributed by atoms with Crippen molar-refractivity contribution in [3.8, 4) is 0 Å². The molecule has 222 valence electrons. The number of fused-ring (bicyclic) bond motifs is 5. The normalized spacial score (nSPS) is 42.5. The Morgan fingerprint density at radius 2 is 1.75 bits per heavy atom. The molecule has 0 aromatic heterocycles. The number of hydrogen-bond acceptors (Lipinski definition) is 9. The highest BCUT2D eigenvalue weighted by Gasteiger charge is 2.78. The number of carbonyl (C=O) groups excluding carboxylic acids is 4. The van der Waals surface area contributed by atoms with Crippen LogP contribution in [0.1, 0.15) is 80.6 Å². The third-order valence-electron chi connectivity index (χ3n) is 11.5. The number of ether oxygens (including phenoxy) is 1. The van der Waals surface area contributed by atoms with E-state index in [0.29, 0.717) is 12.8 Å². The van der Waals surface area contributed by atoms with E-state index in [2.05, 4.69) is 4.74 Å². The predicted octanol–water partition coefficient (Wildman–Crippen LogP) is 2.23. The lowest BCUT2D eigenvalue weighted by Gasteiger charge is -2.65. The molecule has 4 aliphatic carbocycles. The number of hydrogen-bond donors (Lipinski definition) is 4. The Morgan fingerprint density at radius 3 is 2.33 bits per heavy atom. The maximum absolute atomic E-state index is 14.2. The third-order valence-corrected chi connectivity index (χ3v) is 11.5. The van der Waals surface area contributed by atoms with Gasteiger partial charge in [0.05, 0.1) is 41.7 Å². The summed E-state index contributed by atoms with van der Waals surface area (Å²) in [4.78, 5) is 53.0. The summed E-state index contributed by atoms with van der Waals surface area (Å²) in [5.74, 6) is -3.10. The molecule has 9 unspecified atom stereocenters. The Hall–Kier alpha value is -2.20. The first-order valence-electron chi connectivity index (χ1n) is 14.1. The minimum atomic E-state index is -2.23. The molecule has 0 saturated heterocycles. The molecule has 0 spiro atoms. The summed E-state index contributed by atoms with van der Waals surface area (Å²) < 4.78 is 4.68. The summed E-state index contributed by atoms with van der Waals surface area (Å²) in [5, 5.41) is 46.5. The Labute approximate surface area is 235 Å². The third kappa shape index (κ3) is 3.66. The van der Waals surface area contributed by atoms with E-state index in [1.165, 1.54) is 47.0 Å². The Morgan fingerprint density at radius 1 is 1.15 bits per heavy atom. The zero-order valence-corrected chi connectivity index (χ0v) is 24.8. The van der Waals surface area contributed by atoms with Gasteiger partial charge < -0.3 is 25.2 Å². The van der Waals surface area contributed by atoms with Crippen molar-refractivity contribution in [1.82, 2.24) is 0 Å². The predicted molar refractivity (Wildman–Crippen MR) is 145 cm³/mol. The molecular weight excluding hydrogens is 516 g/mol. The summed E-state index contributed by atoms with van der Waals surface area (Å²) in [6, 6.07) is 0. The quantitative estimate of drug-likeness (QED) is 0.282. The molecule has 9 atom stereocenters. The van der Waals surface area contributed by atoms with E-state index in [0.717, 1.165) is 0 Å². The van der Waals surface area contributed by atoms with Crippen molar-refractivity contribution in [3.05, 3.63) is 23.3 Å². The highest BCUT2D eigenvalue weighted by molar-refractivity contribution is 6.07. The lowest BCUT2D eigenvalue weighted by atomic mass is 9.38. The van der Waals surface area contributed by atoms with Crippen LogP contribution in [-0.2, 0) is 23.9 Å². The average Bonchev–Trinajstić information content (AvgIpc) is 3.08. The molecule has 4 aliphatic rings. The molecule has 0 heterocycles. The van der Waals surface area contributed by atoms with Crippen LogP contribution in [0.15, 0.2) is 23.3 Å². The van der Waals surface area contributed by atoms with E-state index < -0.39 is 80.7 Å². The Bertz CT molecular complexity index is 1230. The lowest BCUT2D eigenvalue weighted by molar-refractivity contribution is -0.200. The summed E-state index contributed by atoms with van der Waals surface area (Å²) in [7, 11) is 1.22. The molecule has 4 N–H and O–H groups in total. The first-order valence-corrected chi connectivity index (χ1v) is 14.1.